The predicted octanol–water partition coefficient (Wildman–Crippen LogP) is 1.73. The molecular formula is C12H18N2O. The third-order valence-electron chi connectivity index (χ3n) is 2.47. The number of amides is 1. The van der Waals surface area contributed by atoms with Gasteiger partial charge in [0, 0.05) is 12.7 Å². The van der Waals surface area contributed by atoms with Gasteiger partial charge in [-0.2, -0.15) is 0 Å². The second-order valence-corrected chi connectivity index (χ2v) is 3.91. The number of rotatable bonds is 3. The van der Waals surface area contributed by atoms with Gasteiger partial charge >= 0.3 is 0 Å². The highest BCUT2D eigenvalue weighted by Gasteiger charge is 2.09. The Balaban J connectivity index is 2.95. The van der Waals surface area contributed by atoms with Crippen molar-refractivity contribution in [1.82, 2.24) is 0 Å². The molecule has 0 atom stereocenters. The molecule has 0 aliphatic carbocycles. The SMILES string of the molecule is CC(C)c1cccc(N(C)C(=O)CN)c1. The summed E-state index contributed by atoms with van der Waals surface area (Å²) in [6.45, 7) is 4.30. The molecule has 0 unspecified atom stereocenters. The average molecular weight is 206 g/mol. The lowest BCUT2D eigenvalue weighted by Crippen LogP contribution is -2.32. The van der Waals surface area contributed by atoms with Crippen molar-refractivity contribution in [1.29, 1.82) is 0 Å². The molecule has 0 aliphatic heterocycles. The van der Waals surface area contributed by atoms with Gasteiger partial charge in [-0.25, -0.2) is 0 Å². The maximum Gasteiger partial charge on any atom is 0.240 e. The van der Waals surface area contributed by atoms with Gasteiger partial charge < -0.3 is 10.6 Å². The second-order valence-electron chi connectivity index (χ2n) is 3.91. The van der Waals surface area contributed by atoms with Gasteiger partial charge in [-0.15, -0.1) is 0 Å². The Kier molecular flexibility index (Phi) is 3.86. The van der Waals surface area contributed by atoms with Gasteiger partial charge in [0.15, 0.2) is 0 Å². The molecule has 1 aromatic carbocycles. The maximum atomic E-state index is 11.4. The summed E-state index contributed by atoms with van der Waals surface area (Å²) < 4.78 is 0. The summed E-state index contributed by atoms with van der Waals surface area (Å²) in [6.07, 6.45) is 0. The molecular weight excluding hydrogens is 188 g/mol. The van der Waals surface area contributed by atoms with E-state index in [9.17, 15) is 4.79 Å². The number of nitrogens with two attached hydrogens (primary N) is 1. The summed E-state index contributed by atoms with van der Waals surface area (Å²) in [7, 11) is 1.74. The van der Waals surface area contributed by atoms with E-state index in [0.29, 0.717) is 5.92 Å². The summed E-state index contributed by atoms with van der Waals surface area (Å²) in [5, 5.41) is 0. The van der Waals surface area contributed by atoms with Gasteiger partial charge in [0.1, 0.15) is 0 Å². The van der Waals surface area contributed by atoms with Crippen LogP contribution in [0.5, 0.6) is 0 Å². The van der Waals surface area contributed by atoms with Gasteiger partial charge in [-0.3, -0.25) is 4.79 Å². The molecule has 0 fully saturated rings. The molecule has 0 saturated heterocycles. The standard InChI is InChI=1S/C12H18N2O/c1-9(2)10-5-4-6-11(7-10)14(3)12(15)8-13/h4-7,9H,8,13H2,1-3H3. The summed E-state index contributed by atoms with van der Waals surface area (Å²) in [4.78, 5) is 13.0. The van der Waals surface area contributed by atoms with Crippen LogP contribution < -0.4 is 10.6 Å². The molecule has 0 radical (unpaired) electrons. The number of carbonyl (C=O) groups is 1. The zero-order valence-electron chi connectivity index (χ0n) is 9.53. The Morgan fingerprint density at radius 2 is 2.13 bits per heavy atom. The van der Waals surface area contributed by atoms with Gasteiger partial charge in [-0.05, 0) is 23.6 Å². The molecule has 0 heterocycles. The Labute approximate surface area is 90.9 Å². The van der Waals surface area contributed by atoms with E-state index < -0.39 is 0 Å². The van der Waals surface area contributed by atoms with Crippen molar-refractivity contribution < 1.29 is 4.79 Å². The van der Waals surface area contributed by atoms with E-state index in [1.54, 1.807) is 11.9 Å². The largest absolute Gasteiger partial charge is 0.322 e. The minimum Gasteiger partial charge on any atom is -0.322 e. The van der Waals surface area contributed by atoms with Gasteiger partial charge in [0.25, 0.3) is 0 Å². The van der Waals surface area contributed by atoms with E-state index in [2.05, 4.69) is 19.9 Å². The van der Waals surface area contributed by atoms with Crippen LogP contribution in [0, 0.1) is 0 Å². The molecule has 1 amide bonds. The Morgan fingerprint density at radius 3 is 2.67 bits per heavy atom. The van der Waals surface area contributed by atoms with Crippen LogP contribution in [0.3, 0.4) is 0 Å². The zero-order chi connectivity index (χ0) is 11.4. The number of nitrogens with zero attached hydrogens (tertiary/aromatic N) is 1. The van der Waals surface area contributed by atoms with E-state index >= 15 is 0 Å². The van der Waals surface area contributed by atoms with E-state index in [4.69, 9.17) is 5.73 Å². The van der Waals surface area contributed by atoms with Crippen molar-refractivity contribution in [2.45, 2.75) is 19.8 Å². The van der Waals surface area contributed by atoms with Crippen molar-refractivity contribution in [3.8, 4) is 0 Å². The van der Waals surface area contributed by atoms with Crippen LogP contribution >= 0.6 is 0 Å². The summed E-state index contributed by atoms with van der Waals surface area (Å²) in [5.41, 5.74) is 7.44. The summed E-state index contributed by atoms with van der Waals surface area (Å²) in [6, 6.07) is 7.97. The fraction of sp³-hybridized carbons (Fsp3) is 0.417. The molecule has 2 N–H and O–H groups in total. The third kappa shape index (κ3) is 2.80. The quantitative estimate of drug-likeness (QED) is 0.818. The number of carbonyl (C=O) groups excluding carboxylic acids is 1. The number of benzene rings is 1. The lowest BCUT2D eigenvalue weighted by atomic mass is 10.0. The lowest BCUT2D eigenvalue weighted by molar-refractivity contribution is -0.117. The highest BCUT2D eigenvalue weighted by Crippen LogP contribution is 2.20. The molecule has 15 heavy (non-hydrogen) atoms. The van der Waals surface area contributed by atoms with E-state index in [1.807, 2.05) is 18.2 Å². The molecule has 0 bridgehead atoms. The van der Waals surface area contributed by atoms with Crippen LogP contribution in [0.1, 0.15) is 25.3 Å². The molecule has 0 saturated carbocycles. The second kappa shape index (κ2) is 4.94. The third-order valence-corrected chi connectivity index (χ3v) is 2.47. The first-order chi connectivity index (χ1) is 7.06. The van der Waals surface area contributed by atoms with Gasteiger partial charge in [0.05, 0.1) is 6.54 Å². The smallest absolute Gasteiger partial charge is 0.240 e. The molecule has 0 aromatic heterocycles. The minimum absolute atomic E-state index is 0.0441. The van der Waals surface area contributed by atoms with Crippen molar-refractivity contribution in [3.63, 3.8) is 0 Å². The van der Waals surface area contributed by atoms with Crippen LogP contribution in [-0.2, 0) is 4.79 Å². The molecule has 1 aromatic rings. The van der Waals surface area contributed by atoms with Crippen molar-refractivity contribution in [3.05, 3.63) is 29.8 Å². The van der Waals surface area contributed by atoms with Crippen LogP contribution in [0.25, 0.3) is 0 Å². The normalized spacial score (nSPS) is 10.5. The van der Waals surface area contributed by atoms with Crippen LogP contribution in [0.2, 0.25) is 0 Å². The van der Waals surface area contributed by atoms with Crippen LogP contribution in [-0.4, -0.2) is 19.5 Å². The van der Waals surface area contributed by atoms with E-state index in [-0.39, 0.29) is 12.5 Å². The molecule has 0 aliphatic rings. The highest BCUT2D eigenvalue weighted by atomic mass is 16.2. The Bertz CT molecular complexity index is 347. The topological polar surface area (TPSA) is 46.3 Å². The molecule has 3 nitrogen and oxygen atoms in total. The maximum absolute atomic E-state index is 11.4. The van der Waals surface area contributed by atoms with Crippen LogP contribution in [0.15, 0.2) is 24.3 Å². The fourth-order valence-electron chi connectivity index (χ4n) is 1.37. The number of anilines is 1. The first kappa shape index (κ1) is 11.7. The highest BCUT2D eigenvalue weighted by molar-refractivity contribution is 5.94. The van der Waals surface area contributed by atoms with E-state index in [1.165, 1.54) is 5.56 Å². The number of hydrogen-bond donors (Lipinski definition) is 1. The van der Waals surface area contributed by atoms with Crippen LogP contribution in [0.4, 0.5) is 5.69 Å². The lowest BCUT2D eigenvalue weighted by Gasteiger charge is -2.18. The van der Waals surface area contributed by atoms with Crippen molar-refractivity contribution in [2.24, 2.45) is 5.73 Å². The molecule has 3 heteroatoms. The van der Waals surface area contributed by atoms with Crippen molar-refractivity contribution in [2.75, 3.05) is 18.5 Å². The number of hydrogen-bond acceptors (Lipinski definition) is 2. The molecule has 0 spiro atoms. The molecule has 1 rings (SSSR count). The minimum atomic E-state index is -0.0732. The summed E-state index contributed by atoms with van der Waals surface area (Å²) >= 11 is 0. The average Bonchev–Trinajstić information content (AvgIpc) is 2.27. The number of likely N-dealkylation sites (N-methyl/N-ethyl adjacent to an activating group) is 1. The fourth-order valence-corrected chi connectivity index (χ4v) is 1.37. The van der Waals surface area contributed by atoms with Gasteiger partial charge in [-0.1, -0.05) is 26.0 Å². The Hall–Kier alpha value is -1.35. The predicted molar refractivity (Wildman–Crippen MR) is 63.0 cm³/mol. The molecule has 82 valence electrons. The van der Waals surface area contributed by atoms with Crippen molar-refractivity contribution >= 4 is 11.6 Å². The zero-order valence-corrected chi connectivity index (χ0v) is 9.53. The van der Waals surface area contributed by atoms with Gasteiger partial charge in [0.2, 0.25) is 5.91 Å². The first-order valence-corrected chi connectivity index (χ1v) is 5.13. The monoisotopic (exact) mass is 206 g/mol. The first-order valence-electron chi connectivity index (χ1n) is 5.13. The van der Waals surface area contributed by atoms with E-state index in [0.717, 1.165) is 5.69 Å². The summed E-state index contributed by atoms with van der Waals surface area (Å²) in [5.74, 6) is 0.391. The Morgan fingerprint density at radius 1 is 1.47 bits per heavy atom.